The number of nitrogens with zero attached hydrogens (tertiary/aromatic N) is 1. The summed E-state index contributed by atoms with van der Waals surface area (Å²) in [5, 5.41) is 8.96. The van der Waals surface area contributed by atoms with Gasteiger partial charge in [-0.05, 0) is 30.9 Å². The first-order valence-corrected chi connectivity index (χ1v) is 8.78. The Labute approximate surface area is 130 Å². The predicted octanol–water partition coefficient (Wildman–Crippen LogP) is 1.46. The SMILES string of the molecule is N#Cc1ccccc1CS(=O)(=O)NC(=O)CC[C@@H]1CCCO1. The molecule has 118 valence electrons. The van der Waals surface area contributed by atoms with Crippen LogP contribution >= 0.6 is 0 Å². The molecule has 2 rings (SSSR count). The number of sulfonamides is 1. The largest absolute Gasteiger partial charge is 0.378 e. The van der Waals surface area contributed by atoms with Gasteiger partial charge >= 0.3 is 0 Å². The molecule has 1 aliphatic heterocycles. The van der Waals surface area contributed by atoms with E-state index in [1.165, 1.54) is 0 Å². The quantitative estimate of drug-likeness (QED) is 0.855. The van der Waals surface area contributed by atoms with E-state index in [0.29, 0.717) is 24.2 Å². The molecule has 0 aromatic heterocycles. The molecule has 1 N–H and O–H groups in total. The highest BCUT2D eigenvalue weighted by molar-refractivity contribution is 7.89. The number of amides is 1. The van der Waals surface area contributed by atoms with Crippen molar-refractivity contribution in [3.63, 3.8) is 0 Å². The van der Waals surface area contributed by atoms with Crippen molar-refractivity contribution in [3.8, 4) is 6.07 Å². The highest BCUT2D eigenvalue weighted by atomic mass is 32.2. The van der Waals surface area contributed by atoms with Crippen molar-refractivity contribution in [3.05, 3.63) is 35.4 Å². The van der Waals surface area contributed by atoms with Crippen LogP contribution < -0.4 is 4.72 Å². The van der Waals surface area contributed by atoms with E-state index in [0.717, 1.165) is 12.8 Å². The third-order valence-electron chi connectivity index (χ3n) is 3.47. The molecule has 1 aromatic carbocycles. The normalized spacial score (nSPS) is 17.9. The zero-order valence-electron chi connectivity index (χ0n) is 12.1. The lowest BCUT2D eigenvalue weighted by Gasteiger charge is -2.10. The summed E-state index contributed by atoms with van der Waals surface area (Å²) < 4.78 is 31.4. The molecule has 7 heteroatoms. The Hall–Kier alpha value is -1.91. The standard InChI is InChI=1S/C15H18N2O4S/c16-10-12-4-1-2-5-13(12)11-22(19,20)17-15(18)8-7-14-6-3-9-21-14/h1-2,4-5,14H,3,6-9,11H2,(H,17,18)/t14-/m0/s1. The van der Waals surface area contributed by atoms with Gasteiger partial charge in [-0.3, -0.25) is 9.52 Å². The highest BCUT2D eigenvalue weighted by Crippen LogP contribution is 2.17. The first-order chi connectivity index (χ1) is 10.5. The first kappa shape index (κ1) is 16.5. The fourth-order valence-electron chi connectivity index (χ4n) is 2.38. The van der Waals surface area contributed by atoms with Crippen molar-refractivity contribution in [2.75, 3.05) is 6.61 Å². The molecule has 1 atom stereocenters. The molecule has 0 unspecified atom stereocenters. The number of nitrogens with one attached hydrogen (secondary N) is 1. The average Bonchev–Trinajstić information content (AvgIpc) is 2.98. The highest BCUT2D eigenvalue weighted by Gasteiger charge is 2.20. The lowest BCUT2D eigenvalue weighted by molar-refractivity contribution is -0.119. The molecule has 0 bridgehead atoms. The monoisotopic (exact) mass is 322 g/mol. The molecule has 1 amide bonds. The van der Waals surface area contributed by atoms with Crippen LogP contribution in [0.25, 0.3) is 0 Å². The van der Waals surface area contributed by atoms with Gasteiger partial charge in [-0.1, -0.05) is 18.2 Å². The summed E-state index contributed by atoms with van der Waals surface area (Å²) in [6.45, 7) is 0.704. The number of benzene rings is 1. The number of ether oxygens (including phenoxy) is 1. The number of carbonyl (C=O) groups excluding carboxylic acids is 1. The van der Waals surface area contributed by atoms with Crippen LogP contribution in [0.2, 0.25) is 0 Å². The Balaban J connectivity index is 1.90. The van der Waals surface area contributed by atoms with Gasteiger partial charge in [0.05, 0.1) is 23.5 Å². The molecular formula is C15H18N2O4S. The molecule has 6 nitrogen and oxygen atoms in total. The zero-order valence-corrected chi connectivity index (χ0v) is 12.9. The van der Waals surface area contributed by atoms with Crippen LogP contribution in [0.1, 0.15) is 36.8 Å². The van der Waals surface area contributed by atoms with Gasteiger partial charge in [0.1, 0.15) is 0 Å². The van der Waals surface area contributed by atoms with Crippen molar-refractivity contribution < 1.29 is 17.9 Å². The maximum absolute atomic E-state index is 12.0. The van der Waals surface area contributed by atoms with Crippen LogP contribution in [0.4, 0.5) is 0 Å². The third kappa shape index (κ3) is 4.83. The van der Waals surface area contributed by atoms with Crippen LogP contribution in [0.3, 0.4) is 0 Å². The average molecular weight is 322 g/mol. The molecule has 22 heavy (non-hydrogen) atoms. The Bertz CT molecular complexity index is 673. The van der Waals surface area contributed by atoms with Crippen molar-refractivity contribution >= 4 is 15.9 Å². The molecule has 0 spiro atoms. The molecular weight excluding hydrogens is 304 g/mol. The second kappa shape index (κ2) is 7.38. The number of rotatable bonds is 6. The summed E-state index contributed by atoms with van der Waals surface area (Å²) in [6.07, 6.45) is 2.58. The number of hydrogen-bond acceptors (Lipinski definition) is 5. The molecule has 1 aliphatic rings. The van der Waals surface area contributed by atoms with Crippen molar-refractivity contribution in [1.82, 2.24) is 4.72 Å². The Morgan fingerprint density at radius 3 is 2.86 bits per heavy atom. The number of nitriles is 1. The van der Waals surface area contributed by atoms with Crippen LogP contribution in [-0.2, 0) is 25.3 Å². The second-order valence-electron chi connectivity index (χ2n) is 5.23. The van der Waals surface area contributed by atoms with Crippen molar-refractivity contribution in [2.45, 2.75) is 37.5 Å². The minimum atomic E-state index is -3.80. The fourth-order valence-corrected chi connectivity index (χ4v) is 3.57. The molecule has 0 saturated carbocycles. The Morgan fingerprint density at radius 1 is 1.41 bits per heavy atom. The van der Waals surface area contributed by atoms with Crippen LogP contribution in [0.15, 0.2) is 24.3 Å². The number of carbonyl (C=O) groups is 1. The summed E-state index contributed by atoms with van der Waals surface area (Å²) in [6, 6.07) is 8.37. The smallest absolute Gasteiger partial charge is 0.239 e. The van der Waals surface area contributed by atoms with E-state index in [1.807, 2.05) is 10.8 Å². The number of hydrogen-bond donors (Lipinski definition) is 1. The van der Waals surface area contributed by atoms with E-state index < -0.39 is 15.9 Å². The fraction of sp³-hybridized carbons (Fsp3) is 0.467. The van der Waals surface area contributed by atoms with Crippen LogP contribution in [0, 0.1) is 11.3 Å². The van der Waals surface area contributed by atoms with Crippen molar-refractivity contribution in [1.29, 1.82) is 5.26 Å². The van der Waals surface area contributed by atoms with Gasteiger partial charge in [-0.25, -0.2) is 8.42 Å². The third-order valence-corrected chi connectivity index (χ3v) is 4.70. The van der Waals surface area contributed by atoms with Gasteiger partial charge in [0.25, 0.3) is 0 Å². The molecule has 1 aromatic rings. The van der Waals surface area contributed by atoms with E-state index in [2.05, 4.69) is 0 Å². The minimum absolute atomic E-state index is 0.0489. The van der Waals surface area contributed by atoms with E-state index >= 15 is 0 Å². The maximum Gasteiger partial charge on any atom is 0.239 e. The lowest BCUT2D eigenvalue weighted by Crippen LogP contribution is -2.32. The molecule has 0 aliphatic carbocycles. The summed E-state index contributed by atoms with van der Waals surface area (Å²) in [5.74, 6) is -0.924. The van der Waals surface area contributed by atoms with Crippen LogP contribution in [-0.4, -0.2) is 27.0 Å². The van der Waals surface area contributed by atoms with Gasteiger partial charge in [-0.15, -0.1) is 0 Å². The topological polar surface area (TPSA) is 96.3 Å². The van der Waals surface area contributed by atoms with Gasteiger partial charge in [-0.2, -0.15) is 5.26 Å². The Kier molecular flexibility index (Phi) is 5.52. The molecule has 1 heterocycles. The predicted molar refractivity (Wildman–Crippen MR) is 80.1 cm³/mol. The summed E-state index contributed by atoms with van der Waals surface area (Å²) in [4.78, 5) is 11.7. The van der Waals surface area contributed by atoms with Crippen LogP contribution in [0.5, 0.6) is 0 Å². The van der Waals surface area contributed by atoms with Gasteiger partial charge < -0.3 is 4.74 Å². The minimum Gasteiger partial charge on any atom is -0.378 e. The maximum atomic E-state index is 12.0. The molecule has 1 fully saturated rings. The summed E-state index contributed by atoms with van der Waals surface area (Å²) >= 11 is 0. The van der Waals surface area contributed by atoms with Gasteiger partial charge in [0, 0.05) is 13.0 Å². The summed E-state index contributed by atoms with van der Waals surface area (Å²) in [5.41, 5.74) is 0.670. The lowest BCUT2D eigenvalue weighted by atomic mass is 10.1. The summed E-state index contributed by atoms with van der Waals surface area (Å²) in [7, 11) is -3.80. The van der Waals surface area contributed by atoms with E-state index in [-0.39, 0.29) is 18.3 Å². The van der Waals surface area contributed by atoms with Crippen molar-refractivity contribution in [2.24, 2.45) is 0 Å². The molecule has 0 radical (unpaired) electrons. The van der Waals surface area contributed by atoms with Gasteiger partial charge in [0.15, 0.2) is 0 Å². The zero-order chi connectivity index (χ0) is 16.0. The van der Waals surface area contributed by atoms with E-state index in [1.54, 1.807) is 24.3 Å². The van der Waals surface area contributed by atoms with Gasteiger partial charge in [0.2, 0.25) is 15.9 Å². The molecule has 1 saturated heterocycles. The first-order valence-electron chi connectivity index (χ1n) is 7.13. The Morgan fingerprint density at radius 2 is 2.18 bits per heavy atom. The second-order valence-corrected chi connectivity index (χ2v) is 6.95. The van der Waals surface area contributed by atoms with E-state index in [9.17, 15) is 13.2 Å². The van der Waals surface area contributed by atoms with E-state index in [4.69, 9.17) is 10.00 Å².